The van der Waals surface area contributed by atoms with Crippen LogP contribution in [0.3, 0.4) is 0 Å². The van der Waals surface area contributed by atoms with Crippen molar-refractivity contribution in [3.63, 3.8) is 0 Å². The summed E-state index contributed by atoms with van der Waals surface area (Å²) < 4.78 is 0. The van der Waals surface area contributed by atoms with Crippen LogP contribution in [0.25, 0.3) is 0 Å². The van der Waals surface area contributed by atoms with Crippen LogP contribution in [-0.2, 0) is 9.59 Å². The zero-order valence-electron chi connectivity index (χ0n) is 12.9. The van der Waals surface area contributed by atoms with Gasteiger partial charge in [-0.3, -0.25) is 0 Å². The molecule has 0 heterocycles. The predicted molar refractivity (Wildman–Crippen MR) is 74.6 cm³/mol. The monoisotopic (exact) mass is 284 g/mol. The van der Waals surface area contributed by atoms with Gasteiger partial charge in [0.05, 0.1) is 0 Å². The van der Waals surface area contributed by atoms with Gasteiger partial charge in [-0.2, -0.15) is 0 Å². The maximum atomic E-state index is 11.6. The number of carboxylic acid groups (broad SMARTS) is 2. The summed E-state index contributed by atoms with van der Waals surface area (Å²) in [7, 11) is 0. The molecule has 0 amide bonds. The molecule has 0 aliphatic rings. The molecule has 20 heavy (non-hydrogen) atoms. The second kappa shape index (κ2) is 10.7. The molecule has 0 atom stereocenters. The summed E-state index contributed by atoms with van der Waals surface area (Å²) in [4.78, 5) is 21.9. The molecular formula is C16H28O4-2. The molecular weight excluding hydrogens is 256 g/mol. The summed E-state index contributed by atoms with van der Waals surface area (Å²) in [5.41, 5.74) is -0.715. The Morgan fingerprint density at radius 2 is 1.30 bits per heavy atom. The Bertz CT molecular complexity index is 278. The minimum Gasteiger partial charge on any atom is -0.550 e. The Labute approximate surface area is 122 Å². The summed E-state index contributed by atoms with van der Waals surface area (Å²) in [6.45, 7) is 4.11. The zero-order chi connectivity index (χ0) is 15.4. The van der Waals surface area contributed by atoms with Crippen LogP contribution in [0.15, 0.2) is 0 Å². The van der Waals surface area contributed by atoms with Crippen LogP contribution in [0, 0.1) is 5.41 Å². The molecule has 0 saturated carbocycles. The Hall–Kier alpha value is -1.06. The first-order valence-corrected chi connectivity index (χ1v) is 7.89. The van der Waals surface area contributed by atoms with Gasteiger partial charge in [0.25, 0.3) is 0 Å². The third kappa shape index (κ3) is 7.51. The van der Waals surface area contributed by atoms with Crippen LogP contribution >= 0.6 is 0 Å². The molecule has 0 saturated heterocycles. The number of carbonyl (C=O) groups is 2. The highest BCUT2D eigenvalue weighted by Gasteiger charge is 2.29. The first-order chi connectivity index (χ1) is 9.48. The third-order valence-electron chi connectivity index (χ3n) is 3.99. The molecule has 0 fully saturated rings. The van der Waals surface area contributed by atoms with E-state index >= 15 is 0 Å². The van der Waals surface area contributed by atoms with Crippen molar-refractivity contribution in [1.82, 2.24) is 0 Å². The standard InChI is InChI=1S/C16H30O4/c1-3-5-11-16(15(19)20,12-6-4-2)13-9-7-8-10-14(17)18/h3-13H2,1-2H3,(H,17,18)(H,19,20)/p-2. The Morgan fingerprint density at radius 1 is 0.800 bits per heavy atom. The first kappa shape index (κ1) is 18.9. The van der Waals surface area contributed by atoms with Gasteiger partial charge in [0.1, 0.15) is 0 Å². The molecule has 0 aliphatic heterocycles. The molecule has 0 aromatic rings. The normalized spacial score (nSPS) is 11.5. The van der Waals surface area contributed by atoms with E-state index in [1.165, 1.54) is 0 Å². The van der Waals surface area contributed by atoms with Crippen molar-refractivity contribution in [2.45, 2.75) is 84.5 Å². The van der Waals surface area contributed by atoms with Crippen LogP contribution < -0.4 is 10.2 Å². The second-order valence-electron chi connectivity index (χ2n) is 5.71. The van der Waals surface area contributed by atoms with E-state index in [9.17, 15) is 19.8 Å². The van der Waals surface area contributed by atoms with Crippen LogP contribution in [0.4, 0.5) is 0 Å². The Morgan fingerprint density at radius 3 is 1.70 bits per heavy atom. The van der Waals surface area contributed by atoms with Crippen LogP contribution in [0.5, 0.6) is 0 Å². The fourth-order valence-corrected chi connectivity index (χ4v) is 2.62. The van der Waals surface area contributed by atoms with Gasteiger partial charge < -0.3 is 19.8 Å². The van der Waals surface area contributed by atoms with E-state index in [2.05, 4.69) is 13.8 Å². The molecule has 0 spiro atoms. The number of aliphatic carboxylic acids is 2. The van der Waals surface area contributed by atoms with Crippen LogP contribution in [0.1, 0.15) is 84.5 Å². The fourth-order valence-electron chi connectivity index (χ4n) is 2.62. The van der Waals surface area contributed by atoms with Gasteiger partial charge in [0.15, 0.2) is 0 Å². The predicted octanol–water partition coefficient (Wildman–Crippen LogP) is 1.80. The van der Waals surface area contributed by atoms with Crippen molar-refractivity contribution in [2.75, 3.05) is 0 Å². The molecule has 118 valence electrons. The van der Waals surface area contributed by atoms with Crippen molar-refractivity contribution in [1.29, 1.82) is 0 Å². The molecule has 0 radical (unpaired) electrons. The third-order valence-corrected chi connectivity index (χ3v) is 3.99. The summed E-state index contributed by atoms with van der Waals surface area (Å²) in [5, 5.41) is 21.9. The Balaban J connectivity index is 4.40. The highest BCUT2D eigenvalue weighted by Crippen LogP contribution is 2.36. The molecule has 0 bridgehead atoms. The van der Waals surface area contributed by atoms with Crippen molar-refractivity contribution >= 4 is 11.9 Å². The molecule has 0 aromatic heterocycles. The highest BCUT2D eigenvalue weighted by molar-refractivity contribution is 5.72. The van der Waals surface area contributed by atoms with E-state index < -0.39 is 17.4 Å². The van der Waals surface area contributed by atoms with Crippen molar-refractivity contribution in [3.05, 3.63) is 0 Å². The summed E-state index contributed by atoms with van der Waals surface area (Å²) in [6.07, 6.45) is 7.80. The van der Waals surface area contributed by atoms with E-state index in [-0.39, 0.29) is 6.42 Å². The SMILES string of the molecule is CCCCC(CCCC)(CCCCCC(=O)[O-])C(=O)[O-]. The minimum absolute atomic E-state index is 0.0578. The van der Waals surface area contributed by atoms with Crippen LogP contribution in [0.2, 0.25) is 0 Å². The van der Waals surface area contributed by atoms with E-state index in [4.69, 9.17) is 0 Å². The number of hydrogen-bond acceptors (Lipinski definition) is 4. The summed E-state index contributed by atoms with van der Waals surface area (Å²) >= 11 is 0. The second-order valence-corrected chi connectivity index (χ2v) is 5.71. The lowest BCUT2D eigenvalue weighted by atomic mass is 9.74. The average Bonchev–Trinajstić information content (AvgIpc) is 2.40. The van der Waals surface area contributed by atoms with Gasteiger partial charge in [-0.1, -0.05) is 52.4 Å². The van der Waals surface area contributed by atoms with E-state index in [1.54, 1.807) is 0 Å². The number of unbranched alkanes of at least 4 members (excludes halogenated alkanes) is 4. The largest absolute Gasteiger partial charge is 0.550 e. The van der Waals surface area contributed by atoms with Crippen LogP contribution in [-0.4, -0.2) is 11.9 Å². The van der Waals surface area contributed by atoms with Gasteiger partial charge in [0.2, 0.25) is 0 Å². The van der Waals surface area contributed by atoms with Crippen molar-refractivity contribution in [3.8, 4) is 0 Å². The number of rotatable bonds is 13. The van der Waals surface area contributed by atoms with Gasteiger partial charge >= 0.3 is 0 Å². The fraction of sp³-hybridized carbons (Fsp3) is 0.875. The number of carbonyl (C=O) groups excluding carboxylic acids is 2. The van der Waals surface area contributed by atoms with Gasteiger partial charge in [-0.25, -0.2) is 0 Å². The van der Waals surface area contributed by atoms with Crippen molar-refractivity contribution < 1.29 is 19.8 Å². The molecule has 0 aromatic carbocycles. The van der Waals surface area contributed by atoms with E-state index in [0.29, 0.717) is 25.7 Å². The number of carboxylic acids is 2. The average molecular weight is 284 g/mol. The van der Waals surface area contributed by atoms with Gasteiger partial charge in [-0.15, -0.1) is 0 Å². The topological polar surface area (TPSA) is 80.3 Å². The van der Waals surface area contributed by atoms with E-state index in [0.717, 1.165) is 38.5 Å². The molecule has 0 rings (SSSR count). The molecule has 4 heteroatoms. The van der Waals surface area contributed by atoms with E-state index in [1.807, 2.05) is 0 Å². The maximum Gasteiger partial charge on any atom is 0.0476 e. The maximum absolute atomic E-state index is 11.6. The number of hydrogen-bond donors (Lipinski definition) is 0. The summed E-state index contributed by atoms with van der Waals surface area (Å²) in [5.74, 6) is -1.97. The highest BCUT2D eigenvalue weighted by atomic mass is 16.4. The molecule has 0 aliphatic carbocycles. The Kier molecular flexibility index (Phi) is 10.1. The molecule has 0 unspecified atom stereocenters. The smallest absolute Gasteiger partial charge is 0.0476 e. The first-order valence-electron chi connectivity index (χ1n) is 7.89. The molecule has 4 nitrogen and oxygen atoms in total. The lowest BCUT2D eigenvalue weighted by Crippen LogP contribution is -2.42. The lowest BCUT2D eigenvalue weighted by molar-refractivity contribution is -0.321. The molecule has 0 N–H and O–H groups in total. The zero-order valence-corrected chi connectivity index (χ0v) is 12.9. The van der Waals surface area contributed by atoms with Gasteiger partial charge in [-0.05, 0) is 32.1 Å². The minimum atomic E-state index is -1.03. The van der Waals surface area contributed by atoms with Crippen molar-refractivity contribution in [2.24, 2.45) is 5.41 Å². The lowest BCUT2D eigenvalue weighted by Gasteiger charge is -2.35. The summed E-state index contributed by atoms with van der Waals surface area (Å²) in [6, 6.07) is 0. The van der Waals surface area contributed by atoms with Gasteiger partial charge in [0, 0.05) is 17.4 Å². The quantitative estimate of drug-likeness (QED) is 0.483.